The third kappa shape index (κ3) is 1.99. The molecule has 0 N–H and O–H groups in total. The molecule has 2 aromatic rings. The van der Waals surface area contributed by atoms with E-state index in [1.54, 1.807) is 0 Å². The molecule has 0 saturated heterocycles. The molecule has 0 fully saturated rings. The molecule has 1 aromatic heterocycles. The molecule has 0 spiro atoms. The van der Waals surface area contributed by atoms with Crippen LogP contribution in [0.3, 0.4) is 0 Å². The van der Waals surface area contributed by atoms with E-state index in [4.69, 9.17) is 0 Å². The van der Waals surface area contributed by atoms with Gasteiger partial charge in [-0.25, -0.2) is 0 Å². The Hall–Kier alpha value is -1.62. The van der Waals surface area contributed by atoms with Crippen molar-refractivity contribution in [1.82, 2.24) is 5.27 Å². The topological polar surface area (TPSA) is 53.0 Å². The van der Waals surface area contributed by atoms with Crippen molar-refractivity contribution in [3.63, 3.8) is 0 Å². The lowest BCUT2D eigenvalue weighted by atomic mass is 10.3. The van der Waals surface area contributed by atoms with E-state index < -0.39 is 14.0 Å². The van der Waals surface area contributed by atoms with Crippen molar-refractivity contribution in [2.45, 2.75) is 19.6 Å². The summed E-state index contributed by atoms with van der Waals surface area (Å²) < 4.78 is 6.07. The summed E-state index contributed by atoms with van der Waals surface area (Å²) in [5.41, 5.74) is 0.938. The zero-order valence-corrected chi connectivity index (χ0v) is 10.6. The first-order valence-electron chi connectivity index (χ1n) is 5.14. The fraction of sp³-hybridized carbons (Fsp3) is 0.273. The molecule has 0 amide bonds. The smallest absolute Gasteiger partial charge is 0.238 e. The molecule has 2 rings (SSSR count). The summed E-state index contributed by atoms with van der Waals surface area (Å²) >= 11 is 0. The van der Waals surface area contributed by atoms with Crippen LogP contribution in [0.1, 0.15) is 0 Å². The Balaban J connectivity index is 2.57. The monoisotopic (exact) mass is 234 g/mol. The SMILES string of the molecule is C[Si](C)(C)c1ccccc1-[n+]1cc([O-])on1. The quantitative estimate of drug-likeness (QED) is 0.564. The van der Waals surface area contributed by atoms with Crippen LogP contribution in [0.5, 0.6) is 5.95 Å². The maximum absolute atomic E-state index is 11.0. The van der Waals surface area contributed by atoms with Crippen LogP contribution >= 0.6 is 0 Å². The minimum Gasteiger partial charge on any atom is -0.539 e. The third-order valence-corrected chi connectivity index (χ3v) is 4.44. The van der Waals surface area contributed by atoms with Crippen molar-refractivity contribution in [1.29, 1.82) is 0 Å². The molecular weight excluding hydrogens is 220 g/mol. The van der Waals surface area contributed by atoms with E-state index >= 15 is 0 Å². The number of hydrogen-bond acceptors (Lipinski definition) is 3. The number of nitrogens with zero attached hydrogens (tertiary/aromatic N) is 2. The first kappa shape index (κ1) is 10.9. The van der Waals surface area contributed by atoms with Gasteiger partial charge in [0.25, 0.3) is 0 Å². The van der Waals surface area contributed by atoms with E-state index in [2.05, 4.69) is 35.5 Å². The summed E-state index contributed by atoms with van der Waals surface area (Å²) in [5, 5.41) is 16.0. The molecule has 5 heteroatoms. The van der Waals surface area contributed by atoms with Gasteiger partial charge in [-0.15, -0.1) is 0 Å². The average Bonchev–Trinajstić information content (AvgIpc) is 2.64. The van der Waals surface area contributed by atoms with Gasteiger partial charge in [0.05, 0.1) is 13.3 Å². The van der Waals surface area contributed by atoms with E-state index in [1.807, 2.05) is 18.2 Å². The Kier molecular flexibility index (Phi) is 2.55. The van der Waals surface area contributed by atoms with E-state index in [9.17, 15) is 5.11 Å². The highest BCUT2D eigenvalue weighted by atomic mass is 28.3. The molecule has 1 aromatic carbocycles. The zero-order chi connectivity index (χ0) is 11.8. The number of para-hydroxylation sites is 1. The third-order valence-electron chi connectivity index (χ3n) is 2.41. The van der Waals surface area contributed by atoms with Crippen LogP contribution in [0.2, 0.25) is 19.6 Å². The van der Waals surface area contributed by atoms with E-state index in [-0.39, 0.29) is 0 Å². The highest BCUT2D eigenvalue weighted by molar-refractivity contribution is 6.89. The van der Waals surface area contributed by atoms with Gasteiger partial charge in [-0.1, -0.05) is 37.8 Å². The van der Waals surface area contributed by atoms with Crippen LogP contribution in [0.4, 0.5) is 0 Å². The molecule has 0 radical (unpaired) electrons. The molecule has 1 heterocycles. The first-order valence-corrected chi connectivity index (χ1v) is 8.64. The van der Waals surface area contributed by atoms with Gasteiger partial charge in [-0.2, -0.15) is 0 Å². The molecule has 0 bridgehead atoms. The normalized spacial score (nSPS) is 11.7. The van der Waals surface area contributed by atoms with Crippen LogP contribution in [0.25, 0.3) is 5.69 Å². The lowest BCUT2D eigenvalue weighted by Gasteiger charge is -2.15. The standard InChI is InChI=1S/C11H14N2O2Si/c1-16(2,3)10-7-5-4-6-9(10)13-8-11(14)15-12-13/h4-8H,1-3H3. The van der Waals surface area contributed by atoms with E-state index in [0.29, 0.717) is 0 Å². The van der Waals surface area contributed by atoms with Gasteiger partial charge in [0, 0.05) is 11.3 Å². The van der Waals surface area contributed by atoms with Gasteiger partial charge in [-0.3, -0.25) is 0 Å². The Morgan fingerprint density at radius 1 is 1.25 bits per heavy atom. The van der Waals surface area contributed by atoms with Crippen molar-refractivity contribution in [3.05, 3.63) is 30.5 Å². The second-order valence-corrected chi connectivity index (χ2v) is 9.77. The molecule has 84 valence electrons. The van der Waals surface area contributed by atoms with Gasteiger partial charge in [0.15, 0.2) is 0 Å². The van der Waals surface area contributed by atoms with Crippen molar-refractivity contribution >= 4 is 13.3 Å². The summed E-state index contributed by atoms with van der Waals surface area (Å²) in [6, 6.07) is 7.99. The van der Waals surface area contributed by atoms with Crippen LogP contribution in [0.15, 0.2) is 35.0 Å². The minimum atomic E-state index is -1.46. The predicted octanol–water partition coefficient (Wildman–Crippen LogP) is 0.570. The average molecular weight is 234 g/mol. The minimum absolute atomic E-state index is 0.426. The molecule has 0 aliphatic heterocycles. The lowest BCUT2D eigenvalue weighted by molar-refractivity contribution is -0.669. The summed E-state index contributed by atoms with van der Waals surface area (Å²) in [6.45, 7) is 6.76. The Bertz CT molecular complexity index is 503. The van der Waals surface area contributed by atoms with Crippen molar-refractivity contribution in [3.8, 4) is 11.6 Å². The summed E-state index contributed by atoms with van der Waals surface area (Å²) in [7, 11) is -1.46. The van der Waals surface area contributed by atoms with Crippen LogP contribution in [0, 0.1) is 0 Å². The number of rotatable bonds is 2. The fourth-order valence-corrected chi connectivity index (χ4v) is 3.21. The number of aromatic nitrogens is 2. The molecule has 0 aliphatic carbocycles. The van der Waals surface area contributed by atoms with E-state index in [1.165, 1.54) is 16.1 Å². The maximum Gasteiger partial charge on any atom is 0.238 e. The largest absolute Gasteiger partial charge is 0.539 e. The van der Waals surface area contributed by atoms with Crippen LogP contribution < -0.4 is 15.0 Å². The van der Waals surface area contributed by atoms with Crippen LogP contribution in [-0.2, 0) is 0 Å². The molecule has 16 heavy (non-hydrogen) atoms. The van der Waals surface area contributed by atoms with Crippen molar-refractivity contribution in [2.75, 3.05) is 0 Å². The molecule has 0 aliphatic rings. The Morgan fingerprint density at radius 2 is 1.94 bits per heavy atom. The van der Waals surface area contributed by atoms with Crippen molar-refractivity contribution < 1.29 is 14.3 Å². The lowest BCUT2D eigenvalue weighted by Crippen LogP contribution is -2.47. The predicted molar refractivity (Wildman–Crippen MR) is 60.5 cm³/mol. The van der Waals surface area contributed by atoms with Gasteiger partial charge in [-0.05, 0) is 4.68 Å². The Morgan fingerprint density at radius 3 is 2.50 bits per heavy atom. The van der Waals surface area contributed by atoms with Gasteiger partial charge in [0.2, 0.25) is 11.9 Å². The van der Waals surface area contributed by atoms with Gasteiger partial charge in [0.1, 0.15) is 5.95 Å². The second kappa shape index (κ2) is 3.75. The van der Waals surface area contributed by atoms with E-state index in [0.717, 1.165) is 5.69 Å². The first-order chi connectivity index (χ1) is 7.48. The molecular formula is C11H14N2O2Si. The molecule has 0 saturated carbocycles. The van der Waals surface area contributed by atoms with Gasteiger partial charge < -0.3 is 9.63 Å². The highest BCUT2D eigenvalue weighted by Crippen LogP contribution is 2.07. The summed E-state index contributed by atoms with van der Waals surface area (Å²) in [5.74, 6) is -0.426. The van der Waals surface area contributed by atoms with Crippen molar-refractivity contribution in [2.24, 2.45) is 0 Å². The summed E-state index contributed by atoms with van der Waals surface area (Å²) in [4.78, 5) is 0. The van der Waals surface area contributed by atoms with Gasteiger partial charge >= 0.3 is 0 Å². The summed E-state index contributed by atoms with van der Waals surface area (Å²) in [6.07, 6.45) is 1.36. The molecule has 0 atom stereocenters. The zero-order valence-electron chi connectivity index (χ0n) is 9.60. The molecule has 4 nitrogen and oxygen atoms in total. The molecule has 0 unspecified atom stereocenters. The maximum atomic E-state index is 11.0. The van der Waals surface area contributed by atoms with Crippen LogP contribution in [-0.4, -0.2) is 13.3 Å². The second-order valence-electron chi connectivity index (χ2n) is 4.73. The fourth-order valence-electron chi connectivity index (χ4n) is 1.65. The highest BCUT2D eigenvalue weighted by Gasteiger charge is 2.25. The Labute approximate surface area is 95.1 Å². The number of benzene rings is 1. The number of hydrogen-bond donors (Lipinski definition) is 0.